The molecule has 0 bridgehead atoms. The average molecular weight is 363 g/mol. The molecule has 1 amide bonds. The highest BCUT2D eigenvalue weighted by Crippen LogP contribution is 2.11. The number of amides is 1. The molecule has 2 heterocycles. The number of carbonyl (C=O) groups is 1. The topological polar surface area (TPSA) is 73.4 Å². The Kier molecular flexibility index (Phi) is 8.09. The van der Waals surface area contributed by atoms with Gasteiger partial charge in [-0.05, 0) is 40.5 Å². The lowest BCUT2D eigenvalue weighted by Gasteiger charge is -2.30. The summed E-state index contributed by atoms with van der Waals surface area (Å²) < 4.78 is 0. The van der Waals surface area contributed by atoms with Gasteiger partial charge in [0, 0.05) is 57.3 Å². The van der Waals surface area contributed by atoms with E-state index in [-0.39, 0.29) is 5.91 Å². The molecular weight excluding hydrogens is 328 g/mol. The molecule has 0 saturated carbocycles. The van der Waals surface area contributed by atoms with Crippen LogP contribution in [0.1, 0.15) is 47.0 Å². The van der Waals surface area contributed by atoms with Gasteiger partial charge in [0.15, 0.2) is 0 Å². The molecule has 7 heteroatoms. The number of aromatic nitrogens is 2. The van der Waals surface area contributed by atoms with Crippen molar-refractivity contribution in [2.24, 2.45) is 0 Å². The van der Waals surface area contributed by atoms with Gasteiger partial charge in [0.1, 0.15) is 18.0 Å². The van der Waals surface area contributed by atoms with Crippen LogP contribution in [0.15, 0.2) is 12.4 Å². The molecule has 1 aromatic rings. The molecule has 1 aromatic heterocycles. The van der Waals surface area contributed by atoms with Crippen molar-refractivity contribution in [3.8, 4) is 0 Å². The summed E-state index contributed by atoms with van der Waals surface area (Å²) >= 11 is 0. The van der Waals surface area contributed by atoms with E-state index in [9.17, 15) is 4.79 Å². The first kappa shape index (κ1) is 20.4. The third-order valence-corrected chi connectivity index (χ3v) is 4.75. The molecule has 0 aliphatic carbocycles. The normalized spacial score (nSPS) is 14.7. The fraction of sp³-hybridized carbons (Fsp3) is 0.737. The van der Waals surface area contributed by atoms with E-state index in [1.54, 1.807) is 6.33 Å². The first-order chi connectivity index (χ1) is 12.5. The molecule has 146 valence electrons. The number of carbonyl (C=O) groups excluding carboxylic acids is 1. The van der Waals surface area contributed by atoms with Crippen LogP contribution in [0.4, 0.5) is 11.6 Å². The molecule has 0 atom stereocenters. The van der Waals surface area contributed by atoms with Crippen molar-refractivity contribution in [3.63, 3.8) is 0 Å². The van der Waals surface area contributed by atoms with Crippen molar-refractivity contribution in [2.75, 3.05) is 43.4 Å². The van der Waals surface area contributed by atoms with Crippen LogP contribution < -0.4 is 10.6 Å². The molecule has 1 aliphatic rings. The molecule has 26 heavy (non-hydrogen) atoms. The van der Waals surface area contributed by atoms with E-state index in [2.05, 4.69) is 53.2 Å². The van der Waals surface area contributed by atoms with Gasteiger partial charge >= 0.3 is 0 Å². The Bertz CT molecular complexity index is 555. The highest BCUT2D eigenvalue weighted by atomic mass is 16.2. The van der Waals surface area contributed by atoms with Gasteiger partial charge in [0.25, 0.3) is 0 Å². The highest BCUT2D eigenvalue weighted by molar-refractivity contribution is 5.78. The first-order valence-corrected chi connectivity index (χ1v) is 9.80. The third kappa shape index (κ3) is 6.44. The quantitative estimate of drug-likeness (QED) is 0.589. The van der Waals surface area contributed by atoms with Gasteiger partial charge in [-0.2, -0.15) is 0 Å². The van der Waals surface area contributed by atoms with E-state index in [0.717, 1.165) is 57.2 Å². The lowest BCUT2D eigenvalue weighted by molar-refractivity contribution is -0.127. The molecule has 1 saturated heterocycles. The number of hydrogen-bond acceptors (Lipinski definition) is 6. The Hall–Kier alpha value is -1.89. The van der Waals surface area contributed by atoms with Gasteiger partial charge in [0.2, 0.25) is 5.91 Å². The molecule has 2 rings (SSSR count). The van der Waals surface area contributed by atoms with E-state index in [0.29, 0.717) is 18.5 Å². The van der Waals surface area contributed by atoms with Crippen molar-refractivity contribution in [3.05, 3.63) is 12.4 Å². The first-order valence-electron chi connectivity index (χ1n) is 9.80. The summed E-state index contributed by atoms with van der Waals surface area (Å²) in [5.41, 5.74) is 0. The molecule has 7 nitrogen and oxygen atoms in total. The summed E-state index contributed by atoms with van der Waals surface area (Å²) in [5.74, 6) is 1.94. The lowest BCUT2D eigenvalue weighted by atomic mass is 10.2. The van der Waals surface area contributed by atoms with Crippen molar-refractivity contribution in [1.82, 2.24) is 19.8 Å². The standard InChI is InChI=1S/C19H34N6O/c1-15(2)25(16(3)4)12-9-21-18-13-17(22-14-23-18)20-8-6-11-24-10-5-7-19(24)26/h13-16H,5-12H2,1-4H3,(H2,20,21,22,23). The van der Waals surface area contributed by atoms with Crippen LogP contribution in [0.5, 0.6) is 0 Å². The van der Waals surface area contributed by atoms with Gasteiger partial charge in [-0.1, -0.05) is 0 Å². The molecular formula is C19H34N6O. The number of nitrogens with one attached hydrogen (secondary N) is 2. The number of anilines is 2. The molecule has 0 unspecified atom stereocenters. The summed E-state index contributed by atoms with van der Waals surface area (Å²) in [7, 11) is 0. The summed E-state index contributed by atoms with van der Waals surface area (Å²) in [6.07, 6.45) is 4.21. The summed E-state index contributed by atoms with van der Waals surface area (Å²) in [6.45, 7) is 13.3. The second-order valence-electron chi connectivity index (χ2n) is 7.41. The van der Waals surface area contributed by atoms with Gasteiger partial charge in [-0.3, -0.25) is 9.69 Å². The zero-order valence-corrected chi connectivity index (χ0v) is 16.7. The van der Waals surface area contributed by atoms with Crippen molar-refractivity contribution >= 4 is 17.5 Å². The van der Waals surface area contributed by atoms with Crippen LogP contribution in [0.25, 0.3) is 0 Å². The maximum Gasteiger partial charge on any atom is 0.222 e. The fourth-order valence-corrected chi connectivity index (χ4v) is 3.40. The lowest BCUT2D eigenvalue weighted by Crippen LogP contribution is -2.40. The summed E-state index contributed by atoms with van der Waals surface area (Å²) in [6, 6.07) is 3.00. The van der Waals surface area contributed by atoms with Gasteiger partial charge < -0.3 is 15.5 Å². The molecule has 0 aromatic carbocycles. The number of hydrogen-bond donors (Lipinski definition) is 2. The van der Waals surface area contributed by atoms with E-state index >= 15 is 0 Å². The second-order valence-corrected chi connectivity index (χ2v) is 7.41. The molecule has 1 fully saturated rings. The van der Waals surface area contributed by atoms with Crippen LogP contribution in [0, 0.1) is 0 Å². The van der Waals surface area contributed by atoms with E-state index in [1.807, 2.05) is 11.0 Å². The Labute approximate surface area is 157 Å². The predicted octanol–water partition coefficient (Wildman–Crippen LogP) is 2.43. The van der Waals surface area contributed by atoms with E-state index in [1.165, 1.54) is 0 Å². The molecule has 0 radical (unpaired) electrons. The highest BCUT2D eigenvalue weighted by Gasteiger charge is 2.18. The number of nitrogens with zero attached hydrogens (tertiary/aromatic N) is 4. The number of rotatable bonds is 11. The smallest absolute Gasteiger partial charge is 0.222 e. The van der Waals surface area contributed by atoms with Gasteiger partial charge in [-0.25, -0.2) is 9.97 Å². The summed E-state index contributed by atoms with van der Waals surface area (Å²) in [5, 5.41) is 6.70. The maximum atomic E-state index is 11.6. The number of likely N-dealkylation sites (tertiary alicyclic amines) is 1. The van der Waals surface area contributed by atoms with Crippen LogP contribution in [0.2, 0.25) is 0 Å². The maximum absolute atomic E-state index is 11.6. The van der Waals surface area contributed by atoms with E-state index in [4.69, 9.17) is 0 Å². The Morgan fingerprint density at radius 1 is 1.12 bits per heavy atom. The van der Waals surface area contributed by atoms with Crippen LogP contribution >= 0.6 is 0 Å². The fourth-order valence-electron chi connectivity index (χ4n) is 3.40. The van der Waals surface area contributed by atoms with Crippen molar-refractivity contribution in [1.29, 1.82) is 0 Å². The van der Waals surface area contributed by atoms with Crippen LogP contribution in [-0.4, -0.2) is 70.5 Å². The minimum atomic E-state index is 0.287. The second kappa shape index (κ2) is 10.3. The summed E-state index contributed by atoms with van der Waals surface area (Å²) in [4.78, 5) is 24.6. The van der Waals surface area contributed by atoms with Crippen LogP contribution in [0.3, 0.4) is 0 Å². The molecule has 2 N–H and O–H groups in total. The van der Waals surface area contributed by atoms with Gasteiger partial charge in [0.05, 0.1) is 0 Å². The van der Waals surface area contributed by atoms with Crippen molar-refractivity contribution < 1.29 is 4.79 Å². The minimum Gasteiger partial charge on any atom is -0.370 e. The minimum absolute atomic E-state index is 0.287. The largest absolute Gasteiger partial charge is 0.370 e. The molecule has 0 spiro atoms. The predicted molar refractivity (Wildman–Crippen MR) is 106 cm³/mol. The van der Waals surface area contributed by atoms with Crippen LogP contribution in [-0.2, 0) is 4.79 Å². The van der Waals surface area contributed by atoms with Gasteiger partial charge in [-0.15, -0.1) is 0 Å². The Morgan fingerprint density at radius 2 is 1.77 bits per heavy atom. The van der Waals surface area contributed by atoms with E-state index < -0.39 is 0 Å². The Morgan fingerprint density at radius 3 is 2.35 bits per heavy atom. The zero-order valence-electron chi connectivity index (χ0n) is 16.7. The van der Waals surface area contributed by atoms with Crippen molar-refractivity contribution in [2.45, 2.75) is 59.0 Å². The average Bonchev–Trinajstić information content (AvgIpc) is 3.00. The monoisotopic (exact) mass is 362 g/mol. The molecule has 1 aliphatic heterocycles. The SMILES string of the molecule is CC(C)N(CCNc1cc(NCCCN2CCCC2=O)ncn1)C(C)C. The Balaban J connectivity index is 1.70. The third-order valence-electron chi connectivity index (χ3n) is 4.75. The zero-order chi connectivity index (χ0) is 18.9.